The molecule has 0 spiro atoms. The zero-order valence-corrected chi connectivity index (χ0v) is 11.7. The van der Waals surface area contributed by atoms with Gasteiger partial charge in [-0.05, 0) is 12.6 Å². The van der Waals surface area contributed by atoms with Crippen molar-refractivity contribution in [3.05, 3.63) is 35.9 Å². The summed E-state index contributed by atoms with van der Waals surface area (Å²) in [5.74, 6) is 2.37. The lowest BCUT2D eigenvalue weighted by atomic mass is 9.91. The van der Waals surface area contributed by atoms with Crippen LogP contribution >= 0.6 is 0 Å². The molecule has 1 fully saturated rings. The van der Waals surface area contributed by atoms with Gasteiger partial charge in [-0.3, -0.25) is 9.69 Å². The van der Waals surface area contributed by atoms with Gasteiger partial charge in [0.15, 0.2) is 0 Å². The van der Waals surface area contributed by atoms with Crippen molar-refractivity contribution in [3.8, 4) is 12.3 Å². The number of likely N-dealkylation sites (N-methyl/N-ethyl adjacent to an activating group) is 1. The molecule has 0 amide bonds. The molecule has 0 saturated carbocycles. The molecule has 0 radical (unpaired) electrons. The van der Waals surface area contributed by atoms with Crippen LogP contribution < -0.4 is 0 Å². The van der Waals surface area contributed by atoms with Crippen LogP contribution in [0.2, 0.25) is 0 Å². The number of hydrogen-bond acceptors (Lipinski definition) is 4. The van der Waals surface area contributed by atoms with E-state index in [2.05, 4.69) is 5.92 Å². The first-order valence-electron chi connectivity index (χ1n) is 6.58. The van der Waals surface area contributed by atoms with Gasteiger partial charge in [-0.25, -0.2) is 0 Å². The van der Waals surface area contributed by atoms with Gasteiger partial charge in [0.1, 0.15) is 6.61 Å². The number of terminal acetylenes is 1. The van der Waals surface area contributed by atoms with Crippen LogP contribution in [0.4, 0.5) is 0 Å². The molecule has 4 heteroatoms. The fraction of sp³-hybridized carbons (Fsp3) is 0.438. The highest BCUT2D eigenvalue weighted by atomic mass is 16.5. The fourth-order valence-electron chi connectivity index (χ4n) is 2.16. The van der Waals surface area contributed by atoms with E-state index in [1.54, 1.807) is 0 Å². The summed E-state index contributed by atoms with van der Waals surface area (Å²) in [5, 5.41) is 0. The van der Waals surface area contributed by atoms with Crippen LogP contribution in [0.5, 0.6) is 0 Å². The summed E-state index contributed by atoms with van der Waals surface area (Å²) in [4.78, 5) is 14.0. The molecule has 0 aromatic heterocycles. The molecule has 1 aromatic carbocycles. The topological polar surface area (TPSA) is 38.8 Å². The molecule has 1 aromatic rings. The Hall–Kier alpha value is -1.83. The Kier molecular flexibility index (Phi) is 4.78. The Balaban J connectivity index is 1.85. The summed E-state index contributed by atoms with van der Waals surface area (Å²) >= 11 is 0. The van der Waals surface area contributed by atoms with E-state index in [0.29, 0.717) is 32.8 Å². The Morgan fingerprint density at radius 3 is 2.70 bits per heavy atom. The molecule has 20 heavy (non-hydrogen) atoms. The normalized spacial score (nSPS) is 16.2. The zero-order chi connectivity index (χ0) is 14.4. The lowest BCUT2D eigenvalue weighted by molar-refractivity contribution is -0.166. The second kappa shape index (κ2) is 6.56. The third-order valence-corrected chi connectivity index (χ3v) is 3.60. The zero-order valence-electron chi connectivity index (χ0n) is 11.7. The minimum atomic E-state index is -0.305. The lowest BCUT2D eigenvalue weighted by Gasteiger charge is -2.46. The van der Waals surface area contributed by atoms with Gasteiger partial charge in [-0.1, -0.05) is 36.3 Å². The first-order valence-corrected chi connectivity index (χ1v) is 6.58. The van der Waals surface area contributed by atoms with E-state index in [9.17, 15) is 4.79 Å². The van der Waals surface area contributed by atoms with Crippen LogP contribution in [0.15, 0.2) is 30.3 Å². The van der Waals surface area contributed by atoms with E-state index in [0.717, 1.165) is 5.56 Å². The minimum Gasteiger partial charge on any atom is -0.461 e. The van der Waals surface area contributed by atoms with E-state index in [4.69, 9.17) is 15.9 Å². The largest absolute Gasteiger partial charge is 0.461 e. The third-order valence-electron chi connectivity index (χ3n) is 3.60. The van der Waals surface area contributed by atoms with Crippen molar-refractivity contribution in [3.63, 3.8) is 0 Å². The van der Waals surface area contributed by atoms with Crippen molar-refractivity contribution >= 4 is 5.97 Å². The number of ether oxygens (including phenoxy) is 2. The molecular formula is C16H19NO3. The maximum absolute atomic E-state index is 12.0. The van der Waals surface area contributed by atoms with Gasteiger partial charge >= 0.3 is 5.97 Å². The first kappa shape index (κ1) is 14.6. The van der Waals surface area contributed by atoms with Crippen LogP contribution in [-0.2, 0) is 20.9 Å². The van der Waals surface area contributed by atoms with Gasteiger partial charge in [0.05, 0.1) is 31.7 Å². The summed E-state index contributed by atoms with van der Waals surface area (Å²) < 4.78 is 10.6. The number of carbonyl (C=O) groups is 1. The van der Waals surface area contributed by atoms with Gasteiger partial charge in [0.25, 0.3) is 0 Å². The van der Waals surface area contributed by atoms with Gasteiger partial charge in [-0.2, -0.15) is 0 Å². The monoisotopic (exact) mass is 273 g/mol. The third kappa shape index (κ3) is 3.38. The van der Waals surface area contributed by atoms with Crippen molar-refractivity contribution < 1.29 is 14.3 Å². The molecule has 1 saturated heterocycles. The average Bonchev–Trinajstić information content (AvgIpc) is 2.42. The Labute approximate surface area is 119 Å². The number of nitrogens with zero attached hydrogens (tertiary/aromatic N) is 1. The molecule has 0 atom stereocenters. The molecule has 1 heterocycles. The highest BCUT2D eigenvalue weighted by Crippen LogP contribution is 2.28. The number of rotatable bonds is 6. The molecule has 0 bridgehead atoms. The van der Waals surface area contributed by atoms with Gasteiger partial charge in [-0.15, -0.1) is 6.42 Å². The maximum atomic E-state index is 12.0. The van der Waals surface area contributed by atoms with Gasteiger partial charge in [0, 0.05) is 0 Å². The number of benzene rings is 1. The molecule has 0 unspecified atom stereocenters. The lowest BCUT2D eigenvalue weighted by Crippen LogP contribution is -2.62. The SMILES string of the molecule is C#CCN(C)C1(CC(=O)OCc2ccccc2)COC1. The van der Waals surface area contributed by atoms with Crippen molar-refractivity contribution in [1.29, 1.82) is 0 Å². The van der Waals surface area contributed by atoms with Crippen molar-refractivity contribution in [2.45, 2.75) is 18.6 Å². The second-order valence-corrected chi connectivity index (χ2v) is 5.10. The Morgan fingerprint density at radius 1 is 1.45 bits per heavy atom. The summed E-state index contributed by atoms with van der Waals surface area (Å²) in [6.45, 7) is 1.84. The molecular weight excluding hydrogens is 254 g/mol. The van der Waals surface area contributed by atoms with Crippen LogP contribution in [0.25, 0.3) is 0 Å². The molecule has 4 nitrogen and oxygen atoms in total. The van der Waals surface area contributed by atoms with Gasteiger partial charge < -0.3 is 9.47 Å². The van der Waals surface area contributed by atoms with E-state index in [-0.39, 0.29) is 11.5 Å². The van der Waals surface area contributed by atoms with E-state index in [1.165, 1.54) is 0 Å². The predicted molar refractivity (Wildman–Crippen MR) is 75.9 cm³/mol. The average molecular weight is 273 g/mol. The fourth-order valence-corrected chi connectivity index (χ4v) is 2.16. The minimum absolute atomic E-state index is 0.221. The smallest absolute Gasteiger partial charge is 0.308 e. The quantitative estimate of drug-likeness (QED) is 0.581. The second-order valence-electron chi connectivity index (χ2n) is 5.10. The number of esters is 1. The van der Waals surface area contributed by atoms with Gasteiger partial charge in [0.2, 0.25) is 0 Å². The number of hydrogen-bond donors (Lipinski definition) is 0. The molecule has 1 aliphatic rings. The van der Waals surface area contributed by atoms with Crippen LogP contribution in [0.3, 0.4) is 0 Å². The molecule has 2 rings (SSSR count). The molecule has 0 aliphatic carbocycles. The Morgan fingerprint density at radius 2 is 2.15 bits per heavy atom. The highest BCUT2D eigenvalue weighted by Gasteiger charge is 2.44. The summed E-state index contributed by atoms with van der Waals surface area (Å²) in [5.41, 5.74) is 0.678. The first-order chi connectivity index (χ1) is 9.66. The number of carbonyl (C=O) groups excluding carboxylic acids is 1. The van der Waals surface area contributed by atoms with Crippen molar-refractivity contribution in [1.82, 2.24) is 4.90 Å². The van der Waals surface area contributed by atoms with E-state index in [1.807, 2.05) is 42.3 Å². The standard InChI is InChI=1S/C16H19NO3/c1-3-9-17(2)16(12-19-13-16)10-15(18)20-11-14-7-5-4-6-8-14/h1,4-8H,9-13H2,2H3. The highest BCUT2D eigenvalue weighted by molar-refractivity contribution is 5.71. The van der Waals surface area contributed by atoms with Crippen LogP contribution in [-0.4, -0.2) is 43.2 Å². The maximum Gasteiger partial charge on any atom is 0.308 e. The summed E-state index contributed by atoms with van der Waals surface area (Å²) in [6, 6.07) is 9.64. The van der Waals surface area contributed by atoms with E-state index >= 15 is 0 Å². The predicted octanol–water partition coefficient (Wildman–Crippen LogP) is 1.45. The summed E-state index contributed by atoms with van der Waals surface area (Å²) in [7, 11) is 1.91. The molecule has 106 valence electrons. The van der Waals surface area contributed by atoms with Crippen LogP contribution in [0.1, 0.15) is 12.0 Å². The Bertz CT molecular complexity index is 488. The molecule has 0 N–H and O–H groups in total. The van der Waals surface area contributed by atoms with Crippen molar-refractivity contribution in [2.24, 2.45) is 0 Å². The van der Waals surface area contributed by atoms with Crippen LogP contribution in [0, 0.1) is 12.3 Å². The van der Waals surface area contributed by atoms with E-state index < -0.39 is 0 Å². The molecule has 1 aliphatic heterocycles. The van der Waals surface area contributed by atoms with Crippen molar-refractivity contribution in [2.75, 3.05) is 26.8 Å². The summed E-state index contributed by atoms with van der Waals surface area (Å²) in [6.07, 6.45) is 5.63.